The van der Waals surface area contributed by atoms with Crippen molar-refractivity contribution in [3.05, 3.63) is 21.9 Å². The van der Waals surface area contributed by atoms with Gasteiger partial charge in [0.1, 0.15) is 6.04 Å². The molecule has 1 heterocycles. The van der Waals surface area contributed by atoms with Crippen molar-refractivity contribution >= 4 is 23.2 Å². The monoisotopic (exact) mass is 271 g/mol. The van der Waals surface area contributed by atoms with Crippen molar-refractivity contribution in [3.63, 3.8) is 0 Å². The molecule has 18 heavy (non-hydrogen) atoms. The summed E-state index contributed by atoms with van der Waals surface area (Å²) in [6.07, 6.45) is 1.12. The number of thiophene rings is 1. The minimum Gasteiger partial charge on any atom is -0.480 e. The molecule has 0 aliphatic carbocycles. The first kappa shape index (κ1) is 14.7. The molecule has 1 amide bonds. The van der Waals surface area contributed by atoms with Gasteiger partial charge in [0.15, 0.2) is 0 Å². The van der Waals surface area contributed by atoms with Gasteiger partial charge in [0.2, 0.25) is 0 Å². The van der Waals surface area contributed by atoms with Gasteiger partial charge in [0.25, 0.3) is 5.91 Å². The van der Waals surface area contributed by atoms with Gasteiger partial charge < -0.3 is 15.2 Å². The fraction of sp³-hybridized carbons (Fsp3) is 0.500. The quantitative estimate of drug-likeness (QED) is 0.788. The first-order valence-corrected chi connectivity index (χ1v) is 6.51. The van der Waals surface area contributed by atoms with E-state index in [0.29, 0.717) is 11.5 Å². The number of ether oxygens (including phenoxy) is 1. The Bertz CT molecular complexity index is 416. The van der Waals surface area contributed by atoms with E-state index >= 15 is 0 Å². The SMILES string of the molecule is CCc1ccc(C(=O)NC(CCOC)C(=O)O)s1. The molecule has 1 aromatic heterocycles. The molecule has 6 heteroatoms. The fourth-order valence-electron chi connectivity index (χ4n) is 1.41. The molecular formula is C12H17NO4S. The number of amides is 1. The van der Waals surface area contributed by atoms with Gasteiger partial charge >= 0.3 is 5.97 Å². The summed E-state index contributed by atoms with van der Waals surface area (Å²) in [4.78, 5) is 24.5. The number of hydrogen-bond acceptors (Lipinski definition) is 4. The van der Waals surface area contributed by atoms with Crippen LogP contribution in [0.15, 0.2) is 12.1 Å². The van der Waals surface area contributed by atoms with Gasteiger partial charge in [-0.05, 0) is 18.6 Å². The van der Waals surface area contributed by atoms with E-state index in [0.717, 1.165) is 11.3 Å². The highest BCUT2D eigenvalue weighted by Crippen LogP contribution is 2.16. The molecular weight excluding hydrogens is 254 g/mol. The summed E-state index contributed by atoms with van der Waals surface area (Å²) in [7, 11) is 1.49. The van der Waals surface area contributed by atoms with Crippen LogP contribution in [0.3, 0.4) is 0 Å². The topological polar surface area (TPSA) is 75.6 Å². The first-order valence-electron chi connectivity index (χ1n) is 5.69. The number of nitrogens with one attached hydrogen (secondary N) is 1. The van der Waals surface area contributed by atoms with E-state index in [4.69, 9.17) is 9.84 Å². The van der Waals surface area contributed by atoms with E-state index in [2.05, 4.69) is 5.32 Å². The highest BCUT2D eigenvalue weighted by molar-refractivity contribution is 7.14. The maximum absolute atomic E-state index is 11.8. The van der Waals surface area contributed by atoms with Crippen LogP contribution in [-0.2, 0) is 16.0 Å². The lowest BCUT2D eigenvalue weighted by molar-refractivity contribution is -0.139. The molecule has 100 valence electrons. The number of methoxy groups -OCH3 is 1. The number of carbonyl (C=O) groups is 2. The molecule has 0 aliphatic heterocycles. The molecule has 1 aromatic rings. The molecule has 0 bridgehead atoms. The Morgan fingerprint density at radius 3 is 2.72 bits per heavy atom. The van der Waals surface area contributed by atoms with Crippen LogP contribution < -0.4 is 5.32 Å². The molecule has 0 saturated carbocycles. The van der Waals surface area contributed by atoms with Crippen LogP contribution in [0.4, 0.5) is 0 Å². The van der Waals surface area contributed by atoms with Crippen LogP contribution in [0.1, 0.15) is 27.9 Å². The predicted octanol–water partition coefficient (Wildman–Crippen LogP) is 1.53. The summed E-state index contributed by atoms with van der Waals surface area (Å²) in [5, 5.41) is 11.5. The third-order valence-electron chi connectivity index (χ3n) is 2.45. The number of hydrogen-bond donors (Lipinski definition) is 2. The molecule has 0 radical (unpaired) electrons. The Morgan fingerprint density at radius 2 is 2.22 bits per heavy atom. The zero-order valence-corrected chi connectivity index (χ0v) is 11.3. The number of carboxylic acid groups (broad SMARTS) is 1. The minimum absolute atomic E-state index is 0.254. The highest BCUT2D eigenvalue weighted by atomic mass is 32.1. The van der Waals surface area contributed by atoms with Gasteiger partial charge in [-0.15, -0.1) is 11.3 Å². The van der Waals surface area contributed by atoms with Crippen LogP contribution >= 0.6 is 11.3 Å². The lowest BCUT2D eigenvalue weighted by Crippen LogP contribution is -2.41. The standard InChI is InChI=1S/C12H17NO4S/c1-3-8-4-5-10(18-8)11(14)13-9(12(15)16)6-7-17-2/h4-5,9H,3,6-7H2,1-2H3,(H,13,14)(H,15,16). The molecule has 2 N–H and O–H groups in total. The Morgan fingerprint density at radius 1 is 1.50 bits per heavy atom. The predicted molar refractivity (Wildman–Crippen MR) is 69.1 cm³/mol. The first-order chi connectivity index (χ1) is 8.58. The Labute approximate surface area is 110 Å². The second kappa shape index (κ2) is 7.13. The van der Waals surface area contributed by atoms with Crippen molar-refractivity contribution < 1.29 is 19.4 Å². The van der Waals surface area contributed by atoms with Gasteiger partial charge in [0, 0.05) is 25.0 Å². The Balaban J connectivity index is 2.62. The van der Waals surface area contributed by atoms with E-state index in [1.54, 1.807) is 6.07 Å². The van der Waals surface area contributed by atoms with Crippen LogP contribution in [0, 0.1) is 0 Å². The number of carbonyl (C=O) groups excluding carboxylic acids is 1. The van der Waals surface area contributed by atoms with Crippen LogP contribution in [-0.4, -0.2) is 36.7 Å². The second-order valence-corrected chi connectivity index (χ2v) is 4.93. The molecule has 0 aromatic carbocycles. The van der Waals surface area contributed by atoms with Gasteiger partial charge in [-0.3, -0.25) is 4.79 Å². The molecule has 5 nitrogen and oxygen atoms in total. The summed E-state index contributed by atoms with van der Waals surface area (Å²) in [6.45, 7) is 2.30. The van der Waals surface area contributed by atoms with Crippen molar-refractivity contribution in [2.75, 3.05) is 13.7 Å². The fourth-order valence-corrected chi connectivity index (χ4v) is 2.26. The van der Waals surface area contributed by atoms with E-state index in [9.17, 15) is 9.59 Å². The van der Waals surface area contributed by atoms with Crippen LogP contribution in [0.25, 0.3) is 0 Å². The molecule has 1 unspecified atom stereocenters. The lowest BCUT2D eigenvalue weighted by Gasteiger charge is -2.13. The molecule has 0 aliphatic rings. The van der Waals surface area contributed by atoms with E-state index < -0.39 is 12.0 Å². The maximum atomic E-state index is 11.8. The summed E-state index contributed by atoms with van der Waals surface area (Å²) >= 11 is 1.38. The van der Waals surface area contributed by atoms with Crippen molar-refractivity contribution in [2.45, 2.75) is 25.8 Å². The second-order valence-electron chi connectivity index (χ2n) is 3.77. The summed E-state index contributed by atoms with van der Waals surface area (Å²) in [6, 6.07) is 2.68. The average Bonchev–Trinajstić information content (AvgIpc) is 2.82. The largest absolute Gasteiger partial charge is 0.480 e. The lowest BCUT2D eigenvalue weighted by atomic mass is 10.2. The van der Waals surface area contributed by atoms with Crippen molar-refractivity contribution in [2.24, 2.45) is 0 Å². The molecule has 0 fully saturated rings. The average molecular weight is 271 g/mol. The molecule has 0 saturated heterocycles. The number of carboxylic acids is 1. The van der Waals surface area contributed by atoms with Gasteiger partial charge in [-0.1, -0.05) is 6.92 Å². The molecule has 0 spiro atoms. The minimum atomic E-state index is -1.05. The normalized spacial score (nSPS) is 12.1. The third kappa shape index (κ3) is 4.12. The number of aryl methyl sites for hydroxylation is 1. The summed E-state index contributed by atoms with van der Waals surface area (Å²) in [5.41, 5.74) is 0. The maximum Gasteiger partial charge on any atom is 0.326 e. The van der Waals surface area contributed by atoms with Crippen molar-refractivity contribution in [1.29, 1.82) is 0 Å². The summed E-state index contributed by atoms with van der Waals surface area (Å²) < 4.78 is 4.82. The Hall–Kier alpha value is -1.40. The van der Waals surface area contributed by atoms with Crippen molar-refractivity contribution in [3.8, 4) is 0 Å². The summed E-state index contributed by atoms with van der Waals surface area (Å²) in [5.74, 6) is -1.39. The van der Waals surface area contributed by atoms with Crippen LogP contribution in [0.5, 0.6) is 0 Å². The van der Waals surface area contributed by atoms with Crippen LogP contribution in [0.2, 0.25) is 0 Å². The van der Waals surface area contributed by atoms with E-state index in [1.165, 1.54) is 18.4 Å². The van der Waals surface area contributed by atoms with Crippen molar-refractivity contribution in [1.82, 2.24) is 5.32 Å². The van der Waals surface area contributed by atoms with Gasteiger partial charge in [-0.25, -0.2) is 4.79 Å². The highest BCUT2D eigenvalue weighted by Gasteiger charge is 2.21. The smallest absolute Gasteiger partial charge is 0.326 e. The zero-order chi connectivity index (χ0) is 13.5. The zero-order valence-electron chi connectivity index (χ0n) is 10.4. The Kier molecular flexibility index (Phi) is 5.80. The van der Waals surface area contributed by atoms with Gasteiger partial charge in [0.05, 0.1) is 4.88 Å². The molecule has 1 rings (SSSR count). The molecule has 1 atom stereocenters. The number of rotatable bonds is 7. The number of aliphatic carboxylic acids is 1. The van der Waals surface area contributed by atoms with E-state index in [-0.39, 0.29) is 12.3 Å². The van der Waals surface area contributed by atoms with E-state index in [1.807, 2.05) is 13.0 Å². The van der Waals surface area contributed by atoms with Gasteiger partial charge in [-0.2, -0.15) is 0 Å². The third-order valence-corrected chi connectivity index (χ3v) is 3.68.